The first-order valence-corrected chi connectivity index (χ1v) is 9.75. The molecule has 0 radical (unpaired) electrons. The lowest BCUT2D eigenvalue weighted by molar-refractivity contribution is -0.122. The van der Waals surface area contributed by atoms with Gasteiger partial charge in [-0.15, -0.1) is 0 Å². The SMILES string of the molecule is CC1CCC(C(C)CC(=O)COS(=O)(=O)c2ccccc2)CC1. The minimum Gasteiger partial charge on any atom is -0.297 e. The summed E-state index contributed by atoms with van der Waals surface area (Å²) in [5.74, 6) is 1.50. The molecule has 1 aliphatic rings. The molecule has 0 aliphatic heterocycles. The van der Waals surface area contributed by atoms with Crippen LogP contribution in [0.1, 0.15) is 46.0 Å². The second kappa shape index (κ2) is 8.06. The Kier molecular flexibility index (Phi) is 6.36. The highest BCUT2D eigenvalue weighted by Crippen LogP contribution is 2.34. The molecule has 0 N–H and O–H groups in total. The highest BCUT2D eigenvalue weighted by Gasteiger charge is 2.25. The lowest BCUT2D eigenvalue weighted by atomic mass is 9.75. The molecule has 1 aromatic rings. The molecule has 0 spiro atoms. The number of Topliss-reactive ketones (excluding diaryl/α,β-unsaturated/α-hetero) is 1. The zero-order valence-corrected chi connectivity index (χ0v) is 14.7. The van der Waals surface area contributed by atoms with Gasteiger partial charge in [0, 0.05) is 6.42 Å². The second-order valence-corrected chi connectivity index (χ2v) is 8.38. The molecule has 0 bridgehead atoms. The van der Waals surface area contributed by atoms with Crippen molar-refractivity contribution in [3.05, 3.63) is 30.3 Å². The monoisotopic (exact) mass is 338 g/mol. The number of carbonyl (C=O) groups excluding carboxylic acids is 1. The lowest BCUT2D eigenvalue weighted by Gasteiger charge is -2.30. The van der Waals surface area contributed by atoms with Crippen molar-refractivity contribution in [1.29, 1.82) is 0 Å². The van der Waals surface area contributed by atoms with Crippen LogP contribution in [0, 0.1) is 17.8 Å². The molecule has 1 unspecified atom stereocenters. The van der Waals surface area contributed by atoms with Crippen molar-refractivity contribution in [2.45, 2.75) is 50.8 Å². The molecule has 0 saturated heterocycles. The molecule has 128 valence electrons. The maximum atomic E-state index is 12.0. The maximum absolute atomic E-state index is 12.0. The number of hydrogen-bond donors (Lipinski definition) is 0. The molecule has 1 fully saturated rings. The Morgan fingerprint density at radius 2 is 1.78 bits per heavy atom. The fourth-order valence-corrected chi connectivity index (χ4v) is 4.15. The Balaban J connectivity index is 1.81. The molecular formula is C18H26O4S. The number of rotatable bonds is 7. The van der Waals surface area contributed by atoms with E-state index in [0.717, 1.165) is 5.92 Å². The van der Waals surface area contributed by atoms with E-state index in [2.05, 4.69) is 13.8 Å². The van der Waals surface area contributed by atoms with E-state index < -0.39 is 10.1 Å². The largest absolute Gasteiger partial charge is 0.297 e. The average molecular weight is 338 g/mol. The van der Waals surface area contributed by atoms with Crippen LogP contribution < -0.4 is 0 Å². The van der Waals surface area contributed by atoms with Gasteiger partial charge in [-0.2, -0.15) is 8.42 Å². The van der Waals surface area contributed by atoms with Gasteiger partial charge in [0.2, 0.25) is 0 Å². The summed E-state index contributed by atoms with van der Waals surface area (Å²) in [5, 5.41) is 0. The molecule has 0 aromatic heterocycles. The summed E-state index contributed by atoms with van der Waals surface area (Å²) in [6.07, 6.45) is 5.17. The fraction of sp³-hybridized carbons (Fsp3) is 0.611. The van der Waals surface area contributed by atoms with E-state index in [-0.39, 0.29) is 23.2 Å². The van der Waals surface area contributed by atoms with Gasteiger partial charge in [-0.25, -0.2) is 0 Å². The molecule has 0 amide bonds. The molecule has 2 rings (SSSR count). The topological polar surface area (TPSA) is 60.4 Å². The zero-order chi connectivity index (χ0) is 16.9. The zero-order valence-electron chi connectivity index (χ0n) is 13.9. The van der Waals surface area contributed by atoms with Crippen molar-refractivity contribution < 1.29 is 17.4 Å². The Labute approximate surface area is 139 Å². The molecule has 4 nitrogen and oxygen atoms in total. The van der Waals surface area contributed by atoms with Gasteiger partial charge in [-0.3, -0.25) is 8.98 Å². The van der Waals surface area contributed by atoms with Gasteiger partial charge in [-0.1, -0.05) is 44.9 Å². The number of benzene rings is 1. The molecule has 1 saturated carbocycles. The quantitative estimate of drug-likeness (QED) is 0.709. The Bertz CT molecular complexity index is 601. The number of ketones is 1. The van der Waals surface area contributed by atoms with Crippen LogP contribution in [0.2, 0.25) is 0 Å². The van der Waals surface area contributed by atoms with Crippen LogP contribution in [0.25, 0.3) is 0 Å². The van der Waals surface area contributed by atoms with E-state index >= 15 is 0 Å². The standard InChI is InChI=1S/C18H26O4S/c1-14-8-10-16(11-9-14)15(2)12-17(19)13-22-23(20,21)18-6-4-3-5-7-18/h3-7,14-16H,8-13H2,1-2H3. The van der Waals surface area contributed by atoms with Gasteiger partial charge in [0.1, 0.15) is 6.61 Å². The highest BCUT2D eigenvalue weighted by atomic mass is 32.2. The van der Waals surface area contributed by atoms with Crippen LogP contribution in [-0.4, -0.2) is 20.8 Å². The first-order valence-electron chi connectivity index (χ1n) is 8.34. The summed E-state index contributed by atoms with van der Waals surface area (Å²) in [5.41, 5.74) is 0. The highest BCUT2D eigenvalue weighted by molar-refractivity contribution is 7.86. The predicted molar refractivity (Wildman–Crippen MR) is 89.5 cm³/mol. The van der Waals surface area contributed by atoms with Gasteiger partial charge >= 0.3 is 0 Å². The van der Waals surface area contributed by atoms with E-state index in [1.165, 1.54) is 37.8 Å². The number of carbonyl (C=O) groups is 1. The van der Waals surface area contributed by atoms with E-state index in [0.29, 0.717) is 12.3 Å². The molecule has 5 heteroatoms. The first kappa shape index (κ1) is 18.1. The molecule has 1 aromatic carbocycles. The van der Waals surface area contributed by atoms with Crippen LogP contribution in [-0.2, 0) is 19.1 Å². The summed E-state index contributed by atoms with van der Waals surface area (Å²) in [7, 11) is -3.84. The molecular weight excluding hydrogens is 312 g/mol. The van der Waals surface area contributed by atoms with E-state index in [4.69, 9.17) is 4.18 Å². The summed E-state index contributed by atoms with van der Waals surface area (Å²) in [6.45, 7) is 3.99. The maximum Gasteiger partial charge on any atom is 0.297 e. The lowest BCUT2D eigenvalue weighted by Crippen LogP contribution is -2.23. The van der Waals surface area contributed by atoms with Crippen LogP contribution in [0.3, 0.4) is 0 Å². The van der Waals surface area contributed by atoms with Crippen LogP contribution in [0.15, 0.2) is 35.2 Å². The van der Waals surface area contributed by atoms with Crippen molar-refractivity contribution in [3.63, 3.8) is 0 Å². The summed E-state index contributed by atoms with van der Waals surface area (Å²) in [6, 6.07) is 7.92. The fourth-order valence-electron chi connectivity index (χ4n) is 3.24. The van der Waals surface area contributed by atoms with Gasteiger partial charge in [0.25, 0.3) is 10.1 Å². The van der Waals surface area contributed by atoms with Gasteiger partial charge in [0.15, 0.2) is 5.78 Å². The van der Waals surface area contributed by atoms with Crippen LogP contribution in [0.4, 0.5) is 0 Å². The third kappa shape index (κ3) is 5.43. The molecule has 0 heterocycles. The van der Waals surface area contributed by atoms with Gasteiger partial charge in [0.05, 0.1) is 4.90 Å². The van der Waals surface area contributed by atoms with E-state index in [1.54, 1.807) is 18.2 Å². The second-order valence-electron chi connectivity index (χ2n) is 6.77. The van der Waals surface area contributed by atoms with Gasteiger partial charge < -0.3 is 0 Å². The molecule has 1 aliphatic carbocycles. The van der Waals surface area contributed by atoms with E-state index in [9.17, 15) is 13.2 Å². The summed E-state index contributed by atoms with van der Waals surface area (Å²) >= 11 is 0. The van der Waals surface area contributed by atoms with Crippen LogP contribution in [0.5, 0.6) is 0 Å². The normalized spacial score (nSPS) is 23.4. The third-order valence-electron chi connectivity index (χ3n) is 4.82. The van der Waals surface area contributed by atoms with Crippen molar-refractivity contribution in [2.24, 2.45) is 17.8 Å². The van der Waals surface area contributed by atoms with Gasteiger partial charge in [-0.05, 0) is 42.7 Å². The summed E-state index contributed by atoms with van der Waals surface area (Å²) in [4.78, 5) is 12.1. The first-order chi connectivity index (χ1) is 10.9. The molecule has 1 atom stereocenters. The minimum atomic E-state index is -3.84. The van der Waals surface area contributed by atoms with Crippen molar-refractivity contribution >= 4 is 15.9 Å². The molecule has 23 heavy (non-hydrogen) atoms. The Morgan fingerprint density at radius 1 is 1.17 bits per heavy atom. The van der Waals surface area contributed by atoms with Crippen LogP contribution >= 0.6 is 0 Å². The predicted octanol–water partition coefficient (Wildman–Crippen LogP) is 3.81. The van der Waals surface area contributed by atoms with Crippen molar-refractivity contribution in [2.75, 3.05) is 6.61 Å². The number of hydrogen-bond acceptors (Lipinski definition) is 4. The van der Waals surface area contributed by atoms with E-state index in [1.807, 2.05) is 0 Å². The third-order valence-corrected chi connectivity index (χ3v) is 6.10. The average Bonchev–Trinajstić information content (AvgIpc) is 2.54. The van der Waals surface area contributed by atoms with Crippen molar-refractivity contribution in [1.82, 2.24) is 0 Å². The van der Waals surface area contributed by atoms with Crippen molar-refractivity contribution in [3.8, 4) is 0 Å². The minimum absolute atomic E-state index is 0.0853. The Morgan fingerprint density at radius 3 is 2.39 bits per heavy atom. The smallest absolute Gasteiger partial charge is 0.297 e. The summed E-state index contributed by atoms with van der Waals surface area (Å²) < 4.78 is 28.9. The Hall–Kier alpha value is -1.20.